The molecular formula is C17H14N6O. The van der Waals surface area contributed by atoms with E-state index in [9.17, 15) is 5.11 Å². The minimum absolute atomic E-state index is 0.180. The van der Waals surface area contributed by atoms with Crippen LogP contribution in [0.4, 0.5) is 5.82 Å². The zero-order valence-corrected chi connectivity index (χ0v) is 12.9. The second kappa shape index (κ2) is 5.62. The molecule has 7 nitrogen and oxygen atoms in total. The smallest absolute Gasteiger partial charge is 0.205 e. The Hall–Kier alpha value is -3.48. The lowest BCUT2D eigenvalue weighted by Gasteiger charge is -2.07. The highest BCUT2D eigenvalue weighted by Crippen LogP contribution is 2.20. The normalized spacial score (nSPS) is 12.0. The number of phenols is 1. The third-order valence-electron chi connectivity index (χ3n) is 3.76. The van der Waals surface area contributed by atoms with Crippen molar-refractivity contribution in [1.29, 1.82) is 0 Å². The number of rotatable bonds is 3. The Bertz CT molecular complexity index is 1070. The van der Waals surface area contributed by atoms with E-state index in [1.54, 1.807) is 24.5 Å². The van der Waals surface area contributed by atoms with Crippen molar-refractivity contribution in [2.45, 2.75) is 6.92 Å². The lowest BCUT2D eigenvalue weighted by molar-refractivity contribution is 0.474. The van der Waals surface area contributed by atoms with Gasteiger partial charge in [-0.3, -0.25) is 9.83 Å². The maximum atomic E-state index is 9.91. The van der Waals surface area contributed by atoms with Gasteiger partial charge in [-0.1, -0.05) is 24.3 Å². The Labute approximate surface area is 137 Å². The summed E-state index contributed by atoms with van der Waals surface area (Å²) in [6, 6.07) is 14.8. The van der Waals surface area contributed by atoms with Crippen molar-refractivity contribution < 1.29 is 5.11 Å². The van der Waals surface area contributed by atoms with E-state index in [0.717, 1.165) is 11.0 Å². The Balaban J connectivity index is 1.78. The number of fused-ring (bicyclic) bond motifs is 3. The van der Waals surface area contributed by atoms with Crippen LogP contribution in [0.5, 0.6) is 5.75 Å². The highest BCUT2D eigenvalue weighted by Gasteiger charge is 2.10. The molecule has 0 amide bonds. The molecule has 0 aliphatic carbocycles. The van der Waals surface area contributed by atoms with Gasteiger partial charge in [-0.05, 0) is 31.2 Å². The second-order valence-corrected chi connectivity index (χ2v) is 5.30. The summed E-state index contributed by atoms with van der Waals surface area (Å²) in [4.78, 5) is 4.56. The minimum Gasteiger partial charge on any atom is -0.507 e. The molecule has 4 rings (SSSR count). The van der Waals surface area contributed by atoms with Crippen LogP contribution in [0.3, 0.4) is 0 Å². The first-order chi connectivity index (χ1) is 11.7. The summed E-state index contributed by atoms with van der Waals surface area (Å²) in [5, 5.41) is 22.3. The molecule has 0 bridgehead atoms. The predicted octanol–water partition coefficient (Wildman–Crippen LogP) is 2.82. The van der Waals surface area contributed by atoms with E-state index < -0.39 is 0 Å². The molecule has 24 heavy (non-hydrogen) atoms. The van der Waals surface area contributed by atoms with Crippen LogP contribution in [0.1, 0.15) is 12.5 Å². The standard InChI is InChI=1S/C17H14N6O/c1-11(12-6-2-5-9-15(12)24)20-21-16-17-22-18-10-23(17)14-8-4-3-7-13(14)19-16/h2-10,24H,1H3,(H,19,21). The lowest BCUT2D eigenvalue weighted by atomic mass is 10.1. The van der Waals surface area contributed by atoms with Gasteiger partial charge in [0.05, 0.1) is 16.7 Å². The van der Waals surface area contributed by atoms with Crippen LogP contribution in [0.25, 0.3) is 16.7 Å². The van der Waals surface area contributed by atoms with Crippen molar-refractivity contribution in [1.82, 2.24) is 19.6 Å². The molecule has 0 unspecified atom stereocenters. The van der Waals surface area contributed by atoms with Gasteiger partial charge < -0.3 is 5.11 Å². The SMILES string of the molecule is CC(=NNc1nc2ccccc2n2cnnc12)c1ccccc1O. The highest BCUT2D eigenvalue weighted by atomic mass is 16.3. The van der Waals surface area contributed by atoms with Crippen LogP contribution in [-0.2, 0) is 0 Å². The van der Waals surface area contributed by atoms with Gasteiger partial charge in [-0.25, -0.2) is 4.98 Å². The van der Waals surface area contributed by atoms with Gasteiger partial charge in [-0.15, -0.1) is 10.2 Å². The zero-order chi connectivity index (χ0) is 16.5. The number of hydrogen-bond acceptors (Lipinski definition) is 6. The molecule has 2 aromatic heterocycles. The van der Waals surface area contributed by atoms with Crippen LogP contribution in [0.2, 0.25) is 0 Å². The summed E-state index contributed by atoms with van der Waals surface area (Å²) in [5.74, 6) is 0.681. The number of anilines is 1. The Morgan fingerprint density at radius 3 is 2.79 bits per heavy atom. The summed E-state index contributed by atoms with van der Waals surface area (Å²) < 4.78 is 1.86. The van der Waals surface area contributed by atoms with E-state index in [1.807, 2.05) is 41.7 Å². The Morgan fingerprint density at radius 2 is 1.92 bits per heavy atom. The monoisotopic (exact) mass is 318 g/mol. The van der Waals surface area contributed by atoms with Crippen molar-refractivity contribution in [3.63, 3.8) is 0 Å². The number of aromatic nitrogens is 4. The molecule has 0 aliphatic heterocycles. The highest BCUT2D eigenvalue weighted by molar-refractivity contribution is 6.01. The quantitative estimate of drug-likeness (QED) is 0.448. The van der Waals surface area contributed by atoms with Gasteiger partial charge in [-0.2, -0.15) is 5.10 Å². The van der Waals surface area contributed by atoms with Gasteiger partial charge >= 0.3 is 0 Å². The van der Waals surface area contributed by atoms with Crippen LogP contribution >= 0.6 is 0 Å². The molecule has 0 fully saturated rings. The third-order valence-corrected chi connectivity index (χ3v) is 3.76. The molecule has 0 spiro atoms. The van der Waals surface area contributed by atoms with Crippen molar-refractivity contribution >= 4 is 28.2 Å². The average Bonchev–Trinajstić information content (AvgIpc) is 3.10. The largest absolute Gasteiger partial charge is 0.507 e. The van der Waals surface area contributed by atoms with Gasteiger partial charge in [0.2, 0.25) is 5.65 Å². The molecule has 0 saturated heterocycles. The average molecular weight is 318 g/mol. The van der Waals surface area contributed by atoms with Crippen LogP contribution < -0.4 is 5.43 Å². The number of nitrogens with one attached hydrogen (secondary N) is 1. The first-order valence-corrected chi connectivity index (χ1v) is 7.41. The van der Waals surface area contributed by atoms with Crippen molar-refractivity contribution in [2.24, 2.45) is 5.10 Å². The number of aromatic hydroxyl groups is 1. The number of para-hydroxylation sites is 3. The van der Waals surface area contributed by atoms with Crippen LogP contribution in [0.15, 0.2) is 60.0 Å². The number of phenolic OH excluding ortho intramolecular Hbond substituents is 1. The fraction of sp³-hybridized carbons (Fsp3) is 0.0588. The van der Waals surface area contributed by atoms with Gasteiger partial charge in [0.1, 0.15) is 12.1 Å². The summed E-state index contributed by atoms with van der Waals surface area (Å²) >= 11 is 0. The fourth-order valence-corrected chi connectivity index (χ4v) is 2.56. The first-order valence-electron chi connectivity index (χ1n) is 7.41. The van der Waals surface area contributed by atoms with E-state index in [0.29, 0.717) is 22.7 Å². The number of nitrogens with zero attached hydrogens (tertiary/aromatic N) is 5. The van der Waals surface area contributed by atoms with Crippen LogP contribution in [0, 0.1) is 0 Å². The summed E-state index contributed by atoms with van der Waals surface area (Å²) in [5.41, 5.74) is 6.54. The Kier molecular flexibility index (Phi) is 3.31. The molecule has 7 heteroatoms. The lowest BCUT2D eigenvalue weighted by Crippen LogP contribution is -2.03. The first kappa shape index (κ1) is 14.1. The molecule has 4 aromatic rings. The van der Waals surface area contributed by atoms with E-state index >= 15 is 0 Å². The minimum atomic E-state index is 0.180. The maximum Gasteiger partial charge on any atom is 0.205 e. The van der Waals surface area contributed by atoms with Crippen molar-refractivity contribution in [2.75, 3.05) is 5.43 Å². The van der Waals surface area contributed by atoms with Gasteiger partial charge in [0.15, 0.2) is 5.82 Å². The molecule has 2 aromatic carbocycles. The Morgan fingerprint density at radius 1 is 1.12 bits per heavy atom. The fourth-order valence-electron chi connectivity index (χ4n) is 2.56. The van der Waals surface area contributed by atoms with Crippen molar-refractivity contribution in [3.05, 3.63) is 60.4 Å². The molecule has 0 saturated carbocycles. The van der Waals surface area contributed by atoms with Gasteiger partial charge in [0.25, 0.3) is 0 Å². The number of hydrazone groups is 1. The molecule has 0 atom stereocenters. The molecule has 0 radical (unpaired) electrons. The molecule has 2 N–H and O–H groups in total. The predicted molar refractivity (Wildman–Crippen MR) is 92.2 cm³/mol. The number of hydrogen-bond donors (Lipinski definition) is 2. The second-order valence-electron chi connectivity index (χ2n) is 5.30. The molecule has 0 aliphatic rings. The van der Waals surface area contributed by atoms with E-state index in [1.165, 1.54) is 0 Å². The van der Waals surface area contributed by atoms with E-state index in [2.05, 4.69) is 25.7 Å². The van der Waals surface area contributed by atoms with Crippen LogP contribution in [-0.4, -0.2) is 30.4 Å². The topological polar surface area (TPSA) is 87.7 Å². The summed E-state index contributed by atoms with van der Waals surface area (Å²) in [7, 11) is 0. The summed E-state index contributed by atoms with van der Waals surface area (Å²) in [6.07, 6.45) is 1.64. The maximum absolute atomic E-state index is 9.91. The van der Waals surface area contributed by atoms with Crippen molar-refractivity contribution in [3.8, 4) is 5.75 Å². The molecule has 2 heterocycles. The third kappa shape index (κ3) is 2.32. The summed E-state index contributed by atoms with van der Waals surface area (Å²) in [6.45, 7) is 1.81. The van der Waals surface area contributed by atoms with E-state index in [-0.39, 0.29) is 5.75 Å². The van der Waals surface area contributed by atoms with Gasteiger partial charge in [0, 0.05) is 5.56 Å². The molecular weight excluding hydrogens is 304 g/mol. The number of benzene rings is 2. The van der Waals surface area contributed by atoms with E-state index in [4.69, 9.17) is 0 Å². The molecule has 118 valence electrons. The zero-order valence-electron chi connectivity index (χ0n) is 12.9.